The zero-order chi connectivity index (χ0) is 9.84. The average molecular weight is 192 g/mol. The van der Waals surface area contributed by atoms with Gasteiger partial charge in [-0.25, -0.2) is 4.39 Å². The van der Waals surface area contributed by atoms with Crippen LogP contribution in [0.25, 0.3) is 0 Å². The molecule has 13 heavy (non-hydrogen) atoms. The van der Waals surface area contributed by atoms with E-state index in [0.717, 1.165) is 0 Å². The Labute approximate surface area is 75.6 Å². The van der Waals surface area contributed by atoms with Gasteiger partial charge >= 0.3 is 5.97 Å². The van der Waals surface area contributed by atoms with E-state index in [-0.39, 0.29) is 0 Å². The van der Waals surface area contributed by atoms with Gasteiger partial charge in [0.15, 0.2) is 6.29 Å². The molecule has 0 aromatic rings. The molecule has 0 aromatic carbocycles. The highest BCUT2D eigenvalue weighted by Crippen LogP contribution is 2.21. The molecule has 0 aliphatic carbocycles. The molecule has 4 nitrogen and oxygen atoms in total. The molecule has 0 radical (unpaired) electrons. The molecule has 0 saturated carbocycles. The van der Waals surface area contributed by atoms with Gasteiger partial charge in [0.2, 0.25) is 0 Å². The Morgan fingerprint density at radius 3 is 2.92 bits per heavy atom. The maximum Gasteiger partial charge on any atom is 0.302 e. The molecule has 0 amide bonds. The van der Waals surface area contributed by atoms with Crippen LogP contribution in [0.15, 0.2) is 0 Å². The van der Waals surface area contributed by atoms with Crippen LogP contribution in [0.4, 0.5) is 4.39 Å². The Balaban J connectivity index is 2.47. The van der Waals surface area contributed by atoms with Gasteiger partial charge in [-0.3, -0.25) is 4.79 Å². The first-order valence-corrected chi connectivity index (χ1v) is 4.20. The van der Waals surface area contributed by atoms with Crippen LogP contribution < -0.4 is 0 Å². The first-order valence-electron chi connectivity index (χ1n) is 4.20. The second-order valence-electron chi connectivity index (χ2n) is 3.01. The molecule has 1 heterocycles. The summed E-state index contributed by atoms with van der Waals surface area (Å²) in [5.74, 6) is -0.455. The lowest BCUT2D eigenvalue weighted by Crippen LogP contribution is -2.42. The van der Waals surface area contributed by atoms with Crippen LogP contribution in [-0.2, 0) is 14.3 Å². The zero-order valence-corrected chi connectivity index (χ0v) is 7.40. The summed E-state index contributed by atoms with van der Waals surface area (Å²) < 4.78 is 22.0. The second-order valence-corrected chi connectivity index (χ2v) is 3.01. The van der Waals surface area contributed by atoms with Crippen LogP contribution in [0, 0.1) is 0 Å². The lowest BCUT2D eigenvalue weighted by atomic mass is 10.1. The van der Waals surface area contributed by atoms with Crippen molar-refractivity contribution < 1.29 is 23.8 Å². The number of hydrogen-bond acceptors (Lipinski definition) is 4. The van der Waals surface area contributed by atoms with Crippen LogP contribution >= 0.6 is 0 Å². The smallest absolute Gasteiger partial charge is 0.302 e. The lowest BCUT2D eigenvalue weighted by Gasteiger charge is -2.31. The Morgan fingerprint density at radius 2 is 2.38 bits per heavy atom. The number of esters is 1. The monoisotopic (exact) mass is 192 g/mol. The summed E-state index contributed by atoms with van der Waals surface area (Å²) in [6.45, 7) is 0.509. The number of carbonyl (C=O) groups excluding carboxylic acids is 1. The SMILES string of the molecule is CC(=O)O[C@H]1CCC(O)O[C@@H]1CF. The zero-order valence-electron chi connectivity index (χ0n) is 7.40. The van der Waals surface area contributed by atoms with Crippen molar-refractivity contribution in [1.82, 2.24) is 0 Å². The fourth-order valence-electron chi connectivity index (χ4n) is 1.33. The Morgan fingerprint density at radius 1 is 1.69 bits per heavy atom. The molecule has 1 unspecified atom stereocenters. The van der Waals surface area contributed by atoms with Crippen molar-refractivity contribution in [2.45, 2.75) is 38.3 Å². The van der Waals surface area contributed by atoms with Gasteiger partial charge in [0, 0.05) is 13.3 Å². The molecule has 0 bridgehead atoms. The van der Waals surface area contributed by atoms with E-state index in [0.29, 0.717) is 12.8 Å². The number of alkyl halides is 1. The van der Waals surface area contributed by atoms with E-state index >= 15 is 0 Å². The summed E-state index contributed by atoms with van der Waals surface area (Å²) in [6, 6.07) is 0. The van der Waals surface area contributed by atoms with Crippen molar-refractivity contribution in [1.29, 1.82) is 0 Å². The van der Waals surface area contributed by atoms with Crippen molar-refractivity contribution >= 4 is 5.97 Å². The van der Waals surface area contributed by atoms with Gasteiger partial charge < -0.3 is 14.6 Å². The molecule has 1 fully saturated rings. The summed E-state index contributed by atoms with van der Waals surface area (Å²) >= 11 is 0. The van der Waals surface area contributed by atoms with Gasteiger partial charge in [0.25, 0.3) is 0 Å². The van der Waals surface area contributed by atoms with E-state index in [9.17, 15) is 9.18 Å². The highest BCUT2D eigenvalue weighted by Gasteiger charge is 2.32. The van der Waals surface area contributed by atoms with Crippen molar-refractivity contribution in [2.75, 3.05) is 6.67 Å². The standard InChI is InChI=1S/C8H13FO4/c1-5(10)12-6-2-3-8(11)13-7(6)4-9/h6-8,11H,2-4H2,1H3/t6-,7+,8?/m0/s1. The number of carbonyl (C=O) groups is 1. The molecular weight excluding hydrogens is 179 g/mol. The van der Waals surface area contributed by atoms with Gasteiger partial charge in [0.1, 0.15) is 18.9 Å². The maximum absolute atomic E-state index is 12.3. The van der Waals surface area contributed by atoms with Gasteiger partial charge in [0.05, 0.1) is 0 Å². The molecule has 1 rings (SSSR count). The van der Waals surface area contributed by atoms with E-state index in [2.05, 4.69) is 0 Å². The van der Waals surface area contributed by atoms with Crippen LogP contribution in [0.1, 0.15) is 19.8 Å². The predicted molar refractivity (Wildman–Crippen MR) is 41.6 cm³/mol. The number of ether oxygens (including phenoxy) is 2. The molecule has 5 heteroatoms. The Bertz CT molecular complexity index is 185. The third-order valence-electron chi connectivity index (χ3n) is 1.91. The molecule has 0 spiro atoms. The first-order chi connectivity index (χ1) is 6.13. The molecule has 0 aromatic heterocycles. The van der Waals surface area contributed by atoms with Crippen molar-refractivity contribution in [2.24, 2.45) is 0 Å². The Hall–Kier alpha value is -0.680. The number of halogens is 1. The molecule has 1 N–H and O–H groups in total. The predicted octanol–water partition coefficient (Wildman–Crippen LogP) is 0.385. The highest BCUT2D eigenvalue weighted by molar-refractivity contribution is 5.66. The van der Waals surface area contributed by atoms with Crippen LogP contribution in [0.2, 0.25) is 0 Å². The minimum atomic E-state index is -0.937. The Kier molecular flexibility index (Phi) is 3.62. The summed E-state index contributed by atoms with van der Waals surface area (Å²) in [5, 5.41) is 9.03. The molecule has 76 valence electrons. The lowest BCUT2D eigenvalue weighted by molar-refractivity contribution is -0.213. The third kappa shape index (κ3) is 2.93. The maximum atomic E-state index is 12.3. The number of aliphatic hydroxyl groups excluding tert-OH is 1. The topological polar surface area (TPSA) is 55.8 Å². The fraction of sp³-hybridized carbons (Fsp3) is 0.875. The van der Waals surface area contributed by atoms with Gasteiger partial charge in [-0.05, 0) is 6.42 Å². The van der Waals surface area contributed by atoms with Crippen LogP contribution in [0.3, 0.4) is 0 Å². The molecule has 1 aliphatic rings. The average Bonchev–Trinajstić information content (AvgIpc) is 2.07. The molecule has 1 aliphatic heterocycles. The quantitative estimate of drug-likeness (QED) is 0.643. The van der Waals surface area contributed by atoms with E-state index in [4.69, 9.17) is 14.6 Å². The van der Waals surface area contributed by atoms with Gasteiger partial charge in [-0.1, -0.05) is 0 Å². The summed E-state index contributed by atoms with van der Waals surface area (Å²) in [6.07, 6.45) is -1.52. The van der Waals surface area contributed by atoms with E-state index in [1.807, 2.05) is 0 Å². The number of rotatable bonds is 2. The fourth-order valence-corrected chi connectivity index (χ4v) is 1.33. The van der Waals surface area contributed by atoms with Crippen molar-refractivity contribution in [3.05, 3.63) is 0 Å². The van der Waals surface area contributed by atoms with Crippen LogP contribution in [0.5, 0.6) is 0 Å². The largest absolute Gasteiger partial charge is 0.460 e. The number of hydrogen-bond donors (Lipinski definition) is 1. The first kappa shape index (κ1) is 10.4. The normalized spacial score (nSPS) is 34.2. The van der Waals surface area contributed by atoms with Crippen molar-refractivity contribution in [3.8, 4) is 0 Å². The third-order valence-corrected chi connectivity index (χ3v) is 1.91. The molecule has 1 saturated heterocycles. The summed E-state index contributed by atoms with van der Waals surface area (Å²) in [5.41, 5.74) is 0. The van der Waals surface area contributed by atoms with E-state index in [1.54, 1.807) is 0 Å². The number of aliphatic hydroxyl groups is 1. The van der Waals surface area contributed by atoms with E-state index in [1.165, 1.54) is 6.92 Å². The second kappa shape index (κ2) is 4.53. The molecule has 3 atom stereocenters. The van der Waals surface area contributed by atoms with Gasteiger partial charge in [-0.2, -0.15) is 0 Å². The van der Waals surface area contributed by atoms with E-state index < -0.39 is 31.1 Å². The summed E-state index contributed by atoms with van der Waals surface area (Å²) in [7, 11) is 0. The molecular formula is C8H13FO4. The van der Waals surface area contributed by atoms with Crippen LogP contribution in [-0.4, -0.2) is 36.2 Å². The van der Waals surface area contributed by atoms with Gasteiger partial charge in [-0.15, -0.1) is 0 Å². The minimum absolute atomic E-state index is 0.369. The highest BCUT2D eigenvalue weighted by atomic mass is 19.1. The minimum Gasteiger partial charge on any atom is -0.460 e. The van der Waals surface area contributed by atoms with Crippen molar-refractivity contribution in [3.63, 3.8) is 0 Å². The summed E-state index contributed by atoms with van der Waals surface area (Å²) in [4.78, 5) is 10.6.